The van der Waals surface area contributed by atoms with Crippen LogP contribution in [0.2, 0.25) is 0 Å². The molecule has 1 aromatic carbocycles. The molecule has 1 saturated heterocycles. The van der Waals surface area contributed by atoms with Crippen molar-refractivity contribution < 1.29 is 14.9 Å². The van der Waals surface area contributed by atoms with Crippen molar-refractivity contribution in [3.8, 4) is 11.5 Å². The Bertz CT molecular complexity index is 601. The van der Waals surface area contributed by atoms with Crippen molar-refractivity contribution in [3.05, 3.63) is 35.9 Å². The number of fused-ring (bicyclic) bond motifs is 1. The van der Waals surface area contributed by atoms with Crippen molar-refractivity contribution in [3.63, 3.8) is 0 Å². The van der Waals surface area contributed by atoms with Gasteiger partial charge in [-0.2, -0.15) is 0 Å². The quantitative estimate of drug-likeness (QED) is 0.813. The van der Waals surface area contributed by atoms with E-state index < -0.39 is 5.60 Å². The lowest BCUT2D eigenvalue weighted by molar-refractivity contribution is -0.0968. The number of hydrogen-bond donors (Lipinski definition) is 2. The molecule has 2 atom stereocenters. The molecule has 0 bridgehead atoms. The number of rotatable bonds is 5. The summed E-state index contributed by atoms with van der Waals surface area (Å²) in [5.41, 5.74) is 1.29. The van der Waals surface area contributed by atoms with Crippen LogP contribution in [0.25, 0.3) is 0 Å². The summed E-state index contributed by atoms with van der Waals surface area (Å²) in [7, 11) is 1.65. The van der Waals surface area contributed by atoms with Crippen LogP contribution in [-0.2, 0) is 13.0 Å². The zero-order chi connectivity index (χ0) is 17.2. The third-order valence-electron chi connectivity index (χ3n) is 5.75. The van der Waals surface area contributed by atoms with Gasteiger partial charge >= 0.3 is 0 Å². The average Bonchev–Trinajstić information content (AvgIpc) is 2.58. The van der Waals surface area contributed by atoms with Gasteiger partial charge in [0.2, 0.25) is 0 Å². The highest BCUT2D eigenvalue weighted by molar-refractivity contribution is 5.47. The van der Waals surface area contributed by atoms with Crippen LogP contribution >= 0.6 is 0 Å². The van der Waals surface area contributed by atoms with Crippen molar-refractivity contribution in [1.82, 2.24) is 4.90 Å². The molecule has 2 N–H and O–H groups in total. The molecular weight excluding hydrogens is 302 g/mol. The molecule has 0 amide bonds. The van der Waals surface area contributed by atoms with Crippen LogP contribution in [0.5, 0.6) is 11.5 Å². The first kappa shape index (κ1) is 17.3. The third-order valence-corrected chi connectivity index (χ3v) is 5.75. The number of nitrogens with zero attached hydrogens (tertiary/aromatic N) is 1. The second-order valence-electron chi connectivity index (χ2n) is 7.32. The van der Waals surface area contributed by atoms with E-state index in [0.29, 0.717) is 24.6 Å². The summed E-state index contributed by atoms with van der Waals surface area (Å²) in [6.45, 7) is 6.24. The fourth-order valence-corrected chi connectivity index (χ4v) is 4.30. The maximum absolute atomic E-state index is 10.8. The molecule has 0 radical (unpaired) electrons. The highest BCUT2D eigenvalue weighted by Gasteiger charge is 2.42. The second kappa shape index (κ2) is 7.16. The third kappa shape index (κ3) is 3.45. The highest BCUT2D eigenvalue weighted by Crippen LogP contribution is 2.40. The molecule has 1 heterocycles. The summed E-state index contributed by atoms with van der Waals surface area (Å²) in [5, 5.41) is 21.4. The van der Waals surface area contributed by atoms with Gasteiger partial charge in [-0.3, -0.25) is 4.90 Å². The van der Waals surface area contributed by atoms with Crippen LogP contribution in [0.4, 0.5) is 0 Å². The summed E-state index contributed by atoms with van der Waals surface area (Å²) in [6.07, 6.45) is 7.67. The van der Waals surface area contributed by atoms with E-state index in [4.69, 9.17) is 4.74 Å². The number of allylic oxidation sites excluding steroid dienone is 1. The van der Waals surface area contributed by atoms with E-state index in [9.17, 15) is 10.2 Å². The minimum absolute atomic E-state index is 0.347. The van der Waals surface area contributed by atoms with Crippen LogP contribution in [0.15, 0.2) is 24.8 Å². The molecular formula is C20H29NO3. The summed E-state index contributed by atoms with van der Waals surface area (Å²) in [6, 6.07) is 3.79. The van der Waals surface area contributed by atoms with E-state index in [-0.39, 0.29) is 0 Å². The fourth-order valence-electron chi connectivity index (χ4n) is 4.30. The summed E-state index contributed by atoms with van der Waals surface area (Å²) < 4.78 is 5.38. The molecule has 24 heavy (non-hydrogen) atoms. The fraction of sp³-hybridized carbons (Fsp3) is 0.600. The molecule has 0 aromatic heterocycles. The Morgan fingerprint density at radius 3 is 2.88 bits per heavy atom. The van der Waals surface area contributed by atoms with E-state index in [2.05, 4.69) is 11.5 Å². The zero-order valence-electron chi connectivity index (χ0n) is 14.6. The lowest BCUT2D eigenvalue weighted by Crippen LogP contribution is -2.52. The van der Waals surface area contributed by atoms with E-state index in [1.54, 1.807) is 13.2 Å². The Morgan fingerprint density at radius 1 is 1.33 bits per heavy atom. The van der Waals surface area contributed by atoms with E-state index >= 15 is 0 Å². The normalized spacial score (nSPS) is 27.5. The highest BCUT2D eigenvalue weighted by atomic mass is 16.5. The standard InChI is InChI=1S/C20H29NO3/c1-3-6-15-11-18(24-2)12-16(19(15)22)13-21-10-9-20(23)8-5-4-7-17(20)14-21/h3,11-12,17,22-23H,1,4-10,13-14H2,2H3. The average molecular weight is 331 g/mol. The molecule has 4 heteroatoms. The monoisotopic (exact) mass is 331 g/mol. The first-order valence-electron chi connectivity index (χ1n) is 9.00. The molecule has 4 nitrogen and oxygen atoms in total. The Balaban J connectivity index is 1.76. The molecule has 132 valence electrons. The zero-order valence-corrected chi connectivity index (χ0v) is 14.6. The number of methoxy groups -OCH3 is 1. The van der Waals surface area contributed by atoms with Gasteiger partial charge in [-0.15, -0.1) is 6.58 Å². The van der Waals surface area contributed by atoms with Crippen molar-refractivity contribution in [2.24, 2.45) is 5.92 Å². The van der Waals surface area contributed by atoms with E-state index in [0.717, 1.165) is 55.6 Å². The number of benzene rings is 1. The van der Waals surface area contributed by atoms with Gasteiger partial charge in [0.15, 0.2) is 0 Å². The Kier molecular flexibility index (Phi) is 5.16. The molecule has 2 fully saturated rings. The van der Waals surface area contributed by atoms with Gasteiger partial charge in [0.1, 0.15) is 11.5 Å². The van der Waals surface area contributed by atoms with Crippen LogP contribution in [0.1, 0.15) is 43.2 Å². The number of piperidine rings is 1. The number of phenolic OH excluding ortho intramolecular Hbond substituents is 1. The maximum atomic E-state index is 10.8. The second-order valence-corrected chi connectivity index (χ2v) is 7.32. The molecule has 2 aliphatic rings. The summed E-state index contributed by atoms with van der Waals surface area (Å²) in [4.78, 5) is 2.36. The van der Waals surface area contributed by atoms with Crippen LogP contribution < -0.4 is 4.74 Å². The Labute approximate surface area is 144 Å². The van der Waals surface area contributed by atoms with E-state index in [1.807, 2.05) is 12.1 Å². The first-order chi connectivity index (χ1) is 11.6. The minimum Gasteiger partial charge on any atom is -0.507 e. The van der Waals surface area contributed by atoms with Crippen LogP contribution in [0, 0.1) is 5.92 Å². The largest absolute Gasteiger partial charge is 0.507 e. The molecule has 3 rings (SSSR count). The maximum Gasteiger partial charge on any atom is 0.123 e. The minimum atomic E-state index is -0.459. The van der Waals surface area contributed by atoms with Gasteiger partial charge in [0.05, 0.1) is 12.7 Å². The number of aliphatic hydroxyl groups is 1. The number of ether oxygens (including phenoxy) is 1. The van der Waals surface area contributed by atoms with Gasteiger partial charge in [0.25, 0.3) is 0 Å². The smallest absolute Gasteiger partial charge is 0.123 e. The lowest BCUT2D eigenvalue weighted by Gasteiger charge is -2.47. The molecule has 1 aliphatic heterocycles. The molecule has 1 saturated carbocycles. The van der Waals surface area contributed by atoms with Crippen molar-refractivity contribution >= 4 is 0 Å². The number of likely N-dealkylation sites (tertiary alicyclic amines) is 1. The topological polar surface area (TPSA) is 52.9 Å². The molecule has 0 spiro atoms. The predicted octanol–water partition coefficient (Wildman–Crippen LogP) is 3.26. The SMILES string of the molecule is C=CCc1cc(OC)cc(CN2CCC3(O)CCCCC3C2)c1O. The first-order valence-corrected chi connectivity index (χ1v) is 9.00. The van der Waals surface area contributed by atoms with Crippen LogP contribution in [-0.4, -0.2) is 40.9 Å². The van der Waals surface area contributed by atoms with Gasteiger partial charge in [0, 0.05) is 36.7 Å². The van der Waals surface area contributed by atoms with Crippen LogP contribution in [0.3, 0.4) is 0 Å². The van der Waals surface area contributed by atoms with Crippen molar-refractivity contribution in [1.29, 1.82) is 0 Å². The van der Waals surface area contributed by atoms with Gasteiger partial charge in [-0.05, 0) is 37.8 Å². The Morgan fingerprint density at radius 2 is 2.12 bits per heavy atom. The summed E-state index contributed by atoms with van der Waals surface area (Å²) in [5.74, 6) is 1.48. The predicted molar refractivity (Wildman–Crippen MR) is 95.4 cm³/mol. The number of hydrogen-bond acceptors (Lipinski definition) is 4. The van der Waals surface area contributed by atoms with Gasteiger partial charge in [-0.25, -0.2) is 0 Å². The van der Waals surface area contributed by atoms with Gasteiger partial charge in [-0.1, -0.05) is 18.9 Å². The molecule has 2 unspecified atom stereocenters. The molecule has 1 aliphatic carbocycles. The lowest BCUT2D eigenvalue weighted by atomic mass is 9.71. The van der Waals surface area contributed by atoms with Crippen molar-refractivity contribution in [2.75, 3.05) is 20.2 Å². The Hall–Kier alpha value is -1.52. The summed E-state index contributed by atoms with van der Waals surface area (Å²) >= 11 is 0. The van der Waals surface area contributed by atoms with E-state index in [1.165, 1.54) is 6.42 Å². The van der Waals surface area contributed by atoms with Gasteiger partial charge < -0.3 is 14.9 Å². The molecule has 1 aromatic rings. The van der Waals surface area contributed by atoms with Crippen molar-refractivity contribution in [2.45, 2.75) is 50.7 Å². The number of phenols is 1. The number of aromatic hydroxyl groups is 1.